The maximum Gasteiger partial charge on any atom is 0.524 e. The van der Waals surface area contributed by atoms with Crippen molar-refractivity contribution in [2.75, 3.05) is 0 Å². The van der Waals surface area contributed by atoms with E-state index in [2.05, 4.69) is 40.4 Å². The lowest BCUT2D eigenvalue weighted by Crippen LogP contribution is -1.85. The monoisotopic (exact) mass is 172 g/mol. The van der Waals surface area contributed by atoms with Crippen LogP contribution in [0.2, 0.25) is 0 Å². The highest BCUT2D eigenvalue weighted by molar-refractivity contribution is 6.12. The molecule has 0 saturated heterocycles. The lowest BCUT2D eigenvalue weighted by molar-refractivity contribution is 0.149. The van der Waals surface area contributed by atoms with E-state index in [0.29, 0.717) is 0 Å². The van der Waals surface area contributed by atoms with Crippen molar-refractivity contribution in [2.24, 2.45) is 0 Å². The highest BCUT2D eigenvalue weighted by Gasteiger charge is 2.03. The Bertz CT molecular complexity index is 234. The fourth-order valence-electron chi connectivity index (χ4n) is 0.663. The van der Waals surface area contributed by atoms with Crippen LogP contribution in [-0.4, -0.2) is 11.3 Å². The summed E-state index contributed by atoms with van der Waals surface area (Å²) < 4.78 is 3.14. The molecule has 0 amide bonds. The maximum atomic E-state index is 9.01. The molecule has 2 aliphatic carbocycles. The van der Waals surface area contributed by atoms with Crippen molar-refractivity contribution in [2.45, 2.75) is 0 Å². The second kappa shape index (κ2) is 3.25. The molecule has 0 aromatic rings. The Morgan fingerprint density at radius 1 is 1.27 bits per heavy atom. The molecular formula is C7H5ClO3. The summed E-state index contributed by atoms with van der Waals surface area (Å²) in [4.78, 5) is 9.01. The number of hydrogen-bond acceptors (Lipinski definition) is 2. The predicted molar refractivity (Wildman–Crippen MR) is 40.4 cm³/mol. The zero-order chi connectivity index (χ0) is 8.27. The van der Waals surface area contributed by atoms with Crippen LogP contribution in [0.25, 0.3) is 11.1 Å². The molecule has 0 aromatic heterocycles. The van der Waals surface area contributed by atoms with Crippen LogP contribution >= 0.6 is 11.9 Å². The minimum absolute atomic E-state index is 1.43. The van der Waals surface area contributed by atoms with E-state index in [1.807, 2.05) is 0 Å². The molecule has 0 bridgehead atoms. The SMILES string of the molecule is O=C(O)OCl.c1cc2ccc1-2. The molecule has 0 heterocycles. The van der Waals surface area contributed by atoms with Gasteiger partial charge in [-0.15, -0.1) is 0 Å². The van der Waals surface area contributed by atoms with E-state index in [1.54, 1.807) is 0 Å². The summed E-state index contributed by atoms with van der Waals surface area (Å²) in [6, 6.07) is 8.48. The summed E-state index contributed by atoms with van der Waals surface area (Å²) in [6.45, 7) is 0. The van der Waals surface area contributed by atoms with Crippen LogP contribution in [0.5, 0.6) is 0 Å². The summed E-state index contributed by atoms with van der Waals surface area (Å²) >= 11 is 4.24. The summed E-state index contributed by atoms with van der Waals surface area (Å²) in [6.07, 6.45) is -1.48. The molecule has 3 nitrogen and oxygen atoms in total. The summed E-state index contributed by atoms with van der Waals surface area (Å²) in [5.41, 5.74) is 2.85. The van der Waals surface area contributed by atoms with E-state index < -0.39 is 6.16 Å². The van der Waals surface area contributed by atoms with Crippen LogP contribution in [-0.2, 0) is 4.29 Å². The zero-order valence-corrected chi connectivity index (χ0v) is 6.21. The fraction of sp³-hybridized carbons (Fsp3) is 0. The van der Waals surface area contributed by atoms with Gasteiger partial charge in [-0.1, -0.05) is 24.3 Å². The number of hydrogen-bond donors (Lipinski definition) is 1. The Hall–Kier alpha value is -1.22. The van der Waals surface area contributed by atoms with Gasteiger partial charge in [0.2, 0.25) is 0 Å². The van der Waals surface area contributed by atoms with Gasteiger partial charge in [0.05, 0.1) is 0 Å². The lowest BCUT2D eigenvalue weighted by Gasteiger charge is -2.10. The zero-order valence-electron chi connectivity index (χ0n) is 5.45. The lowest BCUT2D eigenvalue weighted by atomic mass is 9.95. The van der Waals surface area contributed by atoms with Gasteiger partial charge in [0, 0.05) is 0 Å². The molecule has 1 N–H and O–H groups in total. The average molecular weight is 173 g/mol. The number of carboxylic acid groups (broad SMARTS) is 1. The van der Waals surface area contributed by atoms with Crippen molar-refractivity contribution in [1.82, 2.24) is 0 Å². The van der Waals surface area contributed by atoms with Gasteiger partial charge < -0.3 is 9.40 Å². The van der Waals surface area contributed by atoms with E-state index >= 15 is 0 Å². The number of carbonyl (C=O) groups is 1. The van der Waals surface area contributed by atoms with Gasteiger partial charge in [0.15, 0.2) is 0 Å². The van der Waals surface area contributed by atoms with E-state index in [-0.39, 0.29) is 0 Å². The highest BCUT2D eigenvalue weighted by Crippen LogP contribution is 2.29. The van der Waals surface area contributed by atoms with Gasteiger partial charge in [-0.3, -0.25) is 0 Å². The second-order valence-electron chi connectivity index (χ2n) is 1.92. The summed E-state index contributed by atoms with van der Waals surface area (Å²) in [7, 11) is 0. The van der Waals surface area contributed by atoms with Gasteiger partial charge in [-0.05, 0) is 11.1 Å². The minimum Gasteiger partial charge on any atom is -0.449 e. The first-order valence-corrected chi connectivity index (χ1v) is 3.17. The van der Waals surface area contributed by atoms with Crippen LogP contribution in [0.3, 0.4) is 0 Å². The Balaban J connectivity index is 0.000000114. The molecule has 0 saturated carbocycles. The smallest absolute Gasteiger partial charge is 0.449 e. The maximum absolute atomic E-state index is 9.01. The van der Waals surface area contributed by atoms with E-state index in [9.17, 15) is 0 Å². The Morgan fingerprint density at radius 3 is 1.55 bits per heavy atom. The highest BCUT2D eigenvalue weighted by atomic mass is 35.5. The van der Waals surface area contributed by atoms with E-state index in [1.165, 1.54) is 11.1 Å². The predicted octanol–water partition coefficient (Wildman–Crippen LogP) is 2.50. The minimum atomic E-state index is -1.48. The topological polar surface area (TPSA) is 46.5 Å². The molecular weight excluding hydrogens is 168 g/mol. The molecule has 0 atom stereocenters. The third-order valence-corrected chi connectivity index (χ3v) is 1.42. The number of benzene rings is 1. The van der Waals surface area contributed by atoms with Crippen molar-refractivity contribution in [3.63, 3.8) is 0 Å². The number of fused-ring (bicyclic) bond motifs is 1. The number of halogens is 1. The first-order valence-electron chi connectivity index (χ1n) is 2.86. The Morgan fingerprint density at radius 2 is 1.55 bits per heavy atom. The van der Waals surface area contributed by atoms with Crippen molar-refractivity contribution < 1.29 is 14.2 Å². The molecule has 0 radical (unpaired) electrons. The first-order chi connectivity index (χ1) is 5.24. The van der Waals surface area contributed by atoms with Gasteiger partial charge in [0.1, 0.15) is 11.9 Å². The molecule has 58 valence electrons. The second-order valence-corrected chi connectivity index (χ2v) is 2.07. The molecule has 0 spiro atoms. The Labute approximate surface area is 68.3 Å². The van der Waals surface area contributed by atoms with Crippen LogP contribution in [0.15, 0.2) is 24.3 Å². The quantitative estimate of drug-likeness (QED) is 0.664. The van der Waals surface area contributed by atoms with E-state index in [0.717, 1.165) is 0 Å². The largest absolute Gasteiger partial charge is 0.524 e. The first kappa shape index (κ1) is 7.88. The van der Waals surface area contributed by atoms with Crippen LogP contribution in [0.4, 0.5) is 4.79 Å². The van der Waals surface area contributed by atoms with Crippen LogP contribution < -0.4 is 0 Å². The van der Waals surface area contributed by atoms with Gasteiger partial charge in [-0.2, -0.15) is 0 Å². The normalized spacial score (nSPS) is 9.18. The average Bonchev–Trinajstić information content (AvgIpc) is 1.98. The van der Waals surface area contributed by atoms with Crippen molar-refractivity contribution in [3.8, 4) is 11.1 Å². The molecule has 2 rings (SSSR count). The Kier molecular flexibility index (Phi) is 2.33. The van der Waals surface area contributed by atoms with Crippen LogP contribution in [0, 0.1) is 0 Å². The van der Waals surface area contributed by atoms with Crippen molar-refractivity contribution in [3.05, 3.63) is 24.3 Å². The fourth-order valence-corrected chi connectivity index (χ4v) is 0.663. The molecule has 0 unspecified atom stereocenters. The molecule has 0 fully saturated rings. The molecule has 0 aliphatic heterocycles. The molecule has 11 heavy (non-hydrogen) atoms. The molecule has 2 aliphatic rings. The molecule has 4 heteroatoms. The van der Waals surface area contributed by atoms with Gasteiger partial charge in [0.25, 0.3) is 0 Å². The van der Waals surface area contributed by atoms with Gasteiger partial charge in [-0.25, -0.2) is 4.79 Å². The standard InChI is InChI=1S/C6H4.CHClO3/c1-2-6-4-3-5(1)6;2-5-1(3)4/h1-4H;(H,3,4). The van der Waals surface area contributed by atoms with Gasteiger partial charge >= 0.3 is 6.16 Å². The van der Waals surface area contributed by atoms with E-state index in [4.69, 9.17) is 9.90 Å². The van der Waals surface area contributed by atoms with Crippen LogP contribution in [0.1, 0.15) is 0 Å². The van der Waals surface area contributed by atoms with Crippen molar-refractivity contribution in [1.29, 1.82) is 0 Å². The summed E-state index contributed by atoms with van der Waals surface area (Å²) in [5.74, 6) is 0. The third kappa shape index (κ3) is 1.85. The number of rotatable bonds is 0. The third-order valence-electron chi connectivity index (χ3n) is 1.28. The molecule has 0 aromatic carbocycles. The summed E-state index contributed by atoms with van der Waals surface area (Å²) in [5, 5.41) is 7.37. The van der Waals surface area contributed by atoms with Crippen molar-refractivity contribution >= 4 is 18.0 Å².